The van der Waals surface area contributed by atoms with Crippen LogP contribution < -0.4 is 10.1 Å². The number of nitrogens with one attached hydrogen (secondary N) is 1. The third-order valence-electron chi connectivity index (χ3n) is 5.91. The maximum atomic E-state index is 12.9. The summed E-state index contributed by atoms with van der Waals surface area (Å²) in [6.07, 6.45) is 4.70. The van der Waals surface area contributed by atoms with Gasteiger partial charge in [-0.25, -0.2) is 0 Å². The molecule has 1 N–H and O–H groups in total. The second kappa shape index (κ2) is 8.46. The van der Waals surface area contributed by atoms with E-state index in [2.05, 4.69) is 17.4 Å². The first-order valence-corrected chi connectivity index (χ1v) is 10.5. The van der Waals surface area contributed by atoms with Gasteiger partial charge in [-0.3, -0.25) is 9.59 Å². The van der Waals surface area contributed by atoms with Crippen LogP contribution in [0.3, 0.4) is 0 Å². The second-order valence-electron chi connectivity index (χ2n) is 7.74. The normalized spacial score (nSPS) is 16.4. The molecule has 4 rings (SSSR count). The molecule has 0 bridgehead atoms. The minimum absolute atomic E-state index is 0.0374. The first-order valence-electron chi connectivity index (χ1n) is 10.1. The van der Waals surface area contributed by atoms with Crippen LogP contribution in [0, 0.1) is 5.92 Å². The third kappa shape index (κ3) is 4.25. The number of likely N-dealkylation sites (tertiary alicyclic amines) is 1. The standard InChI is InChI=1S/C23H25ClN2O3/c1-29-21-8-6-18(24)14-20(21)23(28)26-11-9-16(10-12-26)22(27)25-19-7-5-15-3-2-4-17(15)13-19/h5-8,13-14,16H,2-4,9-12H2,1H3,(H,25,27). The molecular weight excluding hydrogens is 388 g/mol. The molecule has 2 amide bonds. The summed E-state index contributed by atoms with van der Waals surface area (Å²) in [5.74, 6) is 0.349. The molecule has 1 aliphatic carbocycles. The molecule has 2 aromatic rings. The van der Waals surface area contributed by atoms with E-state index in [1.54, 1.807) is 23.1 Å². The van der Waals surface area contributed by atoms with Gasteiger partial charge < -0.3 is 15.0 Å². The maximum absolute atomic E-state index is 12.9. The Morgan fingerprint density at radius 2 is 1.83 bits per heavy atom. The summed E-state index contributed by atoms with van der Waals surface area (Å²) in [6, 6.07) is 11.3. The van der Waals surface area contributed by atoms with Gasteiger partial charge in [0, 0.05) is 29.7 Å². The van der Waals surface area contributed by atoms with Crippen molar-refractivity contribution in [2.24, 2.45) is 5.92 Å². The first kappa shape index (κ1) is 19.8. The number of ether oxygens (including phenoxy) is 1. The van der Waals surface area contributed by atoms with Gasteiger partial charge in [-0.05, 0) is 73.6 Å². The fraction of sp³-hybridized carbons (Fsp3) is 0.391. The number of carbonyl (C=O) groups is 2. The Morgan fingerprint density at radius 1 is 1.07 bits per heavy atom. The number of hydrogen-bond donors (Lipinski definition) is 1. The van der Waals surface area contributed by atoms with Crippen molar-refractivity contribution in [2.45, 2.75) is 32.1 Å². The van der Waals surface area contributed by atoms with E-state index in [1.165, 1.54) is 24.7 Å². The number of methoxy groups -OCH3 is 1. The first-order chi connectivity index (χ1) is 14.0. The van der Waals surface area contributed by atoms with Crippen LogP contribution in [0.5, 0.6) is 5.75 Å². The number of benzene rings is 2. The monoisotopic (exact) mass is 412 g/mol. The van der Waals surface area contributed by atoms with Gasteiger partial charge in [-0.1, -0.05) is 17.7 Å². The SMILES string of the molecule is COc1ccc(Cl)cc1C(=O)N1CCC(C(=O)Nc2ccc3c(c2)CCC3)CC1. The van der Waals surface area contributed by atoms with Gasteiger partial charge in [0.1, 0.15) is 5.75 Å². The molecule has 2 aliphatic rings. The number of rotatable bonds is 4. The van der Waals surface area contributed by atoms with Crippen LogP contribution in [0.4, 0.5) is 5.69 Å². The van der Waals surface area contributed by atoms with E-state index in [4.69, 9.17) is 16.3 Å². The number of hydrogen-bond acceptors (Lipinski definition) is 3. The Hall–Kier alpha value is -2.53. The lowest BCUT2D eigenvalue weighted by atomic mass is 9.95. The van der Waals surface area contributed by atoms with Crippen molar-refractivity contribution in [1.29, 1.82) is 0 Å². The summed E-state index contributed by atoms with van der Waals surface area (Å²) in [7, 11) is 1.54. The summed E-state index contributed by atoms with van der Waals surface area (Å²) < 4.78 is 5.30. The average Bonchev–Trinajstić information content (AvgIpc) is 3.21. The summed E-state index contributed by atoms with van der Waals surface area (Å²) in [5.41, 5.74) is 4.07. The van der Waals surface area contributed by atoms with Crippen molar-refractivity contribution in [1.82, 2.24) is 4.90 Å². The molecule has 0 spiro atoms. The van der Waals surface area contributed by atoms with E-state index in [0.29, 0.717) is 42.3 Å². The fourth-order valence-electron chi connectivity index (χ4n) is 4.26. The number of fused-ring (bicyclic) bond motifs is 1. The summed E-state index contributed by atoms with van der Waals surface area (Å²) in [5, 5.41) is 3.56. The van der Waals surface area contributed by atoms with Crippen molar-refractivity contribution in [3.05, 3.63) is 58.1 Å². The van der Waals surface area contributed by atoms with Gasteiger partial charge in [0.2, 0.25) is 5.91 Å². The lowest BCUT2D eigenvalue weighted by Crippen LogP contribution is -2.41. The largest absolute Gasteiger partial charge is 0.496 e. The van der Waals surface area contributed by atoms with E-state index in [0.717, 1.165) is 18.5 Å². The van der Waals surface area contributed by atoms with Crippen molar-refractivity contribution < 1.29 is 14.3 Å². The molecule has 1 aliphatic heterocycles. The predicted molar refractivity (Wildman–Crippen MR) is 114 cm³/mol. The zero-order valence-electron chi connectivity index (χ0n) is 16.5. The van der Waals surface area contributed by atoms with Crippen LogP contribution in [-0.4, -0.2) is 36.9 Å². The van der Waals surface area contributed by atoms with Crippen molar-refractivity contribution in [3.63, 3.8) is 0 Å². The summed E-state index contributed by atoms with van der Waals surface area (Å²) in [6.45, 7) is 1.08. The maximum Gasteiger partial charge on any atom is 0.257 e. The molecule has 1 saturated heterocycles. The van der Waals surface area contributed by atoms with Gasteiger partial charge in [-0.2, -0.15) is 0 Å². The van der Waals surface area contributed by atoms with Gasteiger partial charge in [0.15, 0.2) is 0 Å². The Morgan fingerprint density at radius 3 is 2.59 bits per heavy atom. The van der Waals surface area contributed by atoms with Crippen molar-refractivity contribution in [3.8, 4) is 5.75 Å². The Labute approximate surface area is 176 Å². The third-order valence-corrected chi connectivity index (χ3v) is 6.15. The topological polar surface area (TPSA) is 58.6 Å². The quantitative estimate of drug-likeness (QED) is 0.813. The second-order valence-corrected chi connectivity index (χ2v) is 8.17. The molecule has 6 heteroatoms. The fourth-order valence-corrected chi connectivity index (χ4v) is 4.43. The number of nitrogens with zero attached hydrogens (tertiary/aromatic N) is 1. The van der Waals surface area contributed by atoms with Crippen molar-refractivity contribution in [2.75, 3.05) is 25.5 Å². The van der Waals surface area contributed by atoms with E-state index in [1.807, 2.05) is 6.07 Å². The summed E-state index contributed by atoms with van der Waals surface area (Å²) >= 11 is 6.05. The lowest BCUT2D eigenvalue weighted by molar-refractivity contribution is -0.121. The molecule has 0 atom stereocenters. The number of anilines is 1. The highest BCUT2D eigenvalue weighted by Crippen LogP contribution is 2.28. The number of amides is 2. The van der Waals surface area contributed by atoms with E-state index < -0.39 is 0 Å². The summed E-state index contributed by atoms with van der Waals surface area (Å²) in [4.78, 5) is 27.4. The molecular formula is C23H25ClN2O3. The van der Waals surface area contributed by atoms with Crippen LogP contribution in [0.25, 0.3) is 0 Å². The molecule has 0 saturated carbocycles. The molecule has 5 nitrogen and oxygen atoms in total. The minimum atomic E-state index is -0.109. The average molecular weight is 413 g/mol. The number of aryl methyl sites for hydroxylation is 2. The van der Waals surface area contributed by atoms with Gasteiger partial charge in [-0.15, -0.1) is 0 Å². The Bertz CT molecular complexity index is 936. The zero-order valence-corrected chi connectivity index (χ0v) is 17.3. The van der Waals surface area contributed by atoms with Crippen LogP contribution >= 0.6 is 11.6 Å². The van der Waals surface area contributed by atoms with Crippen LogP contribution in [-0.2, 0) is 17.6 Å². The Balaban J connectivity index is 1.36. The highest BCUT2D eigenvalue weighted by Gasteiger charge is 2.29. The lowest BCUT2D eigenvalue weighted by Gasteiger charge is -2.31. The molecule has 2 aromatic carbocycles. The Kier molecular flexibility index (Phi) is 5.76. The molecule has 0 radical (unpaired) electrons. The highest BCUT2D eigenvalue weighted by atomic mass is 35.5. The number of carbonyl (C=O) groups excluding carboxylic acids is 2. The van der Waals surface area contributed by atoms with E-state index >= 15 is 0 Å². The van der Waals surface area contributed by atoms with E-state index in [-0.39, 0.29) is 17.7 Å². The molecule has 1 heterocycles. The molecule has 0 unspecified atom stereocenters. The number of halogens is 1. The van der Waals surface area contributed by atoms with Gasteiger partial charge in [0.05, 0.1) is 12.7 Å². The van der Waals surface area contributed by atoms with Gasteiger partial charge >= 0.3 is 0 Å². The van der Waals surface area contributed by atoms with Crippen LogP contribution in [0.15, 0.2) is 36.4 Å². The zero-order chi connectivity index (χ0) is 20.4. The molecule has 152 valence electrons. The van der Waals surface area contributed by atoms with Gasteiger partial charge in [0.25, 0.3) is 5.91 Å². The van der Waals surface area contributed by atoms with Crippen LogP contribution in [0.2, 0.25) is 5.02 Å². The van der Waals surface area contributed by atoms with Crippen LogP contribution in [0.1, 0.15) is 40.7 Å². The van der Waals surface area contributed by atoms with E-state index in [9.17, 15) is 9.59 Å². The number of piperidine rings is 1. The minimum Gasteiger partial charge on any atom is -0.496 e. The highest BCUT2D eigenvalue weighted by molar-refractivity contribution is 6.31. The molecule has 29 heavy (non-hydrogen) atoms. The molecule has 1 fully saturated rings. The van der Waals surface area contributed by atoms with Crippen molar-refractivity contribution >= 4 is 29.1 Å². The smallest absolute Gasteiger partial charge is 0.257 e. The predicted octanol–water partition coefficient (Wildman–Crippen LogP) is 4.33. The molecule has 0 aromatic heterocycles.